The van der Waals surface area contributed by atoms with E-state index in [1.54, 1.807) is 7.11 Å². The summed E-state index contributed by atoms with van der Waals surface area (Å²) in [5.41, 5.74) is 2.26. The third kappa shape index (κ3) is 3.12. The molecular weight excluding hydrogens is 240 g/mol. The molecule has 1 aliphatic heterocycles. The van der Waals surface area contributed by atoms with Crippen molar-refractivity contribution in [3.8, 4) is 5.75 Å². The van der Waals surface area contributed by atoms with Crippen LogP contribution in [0.1, 0.15) is 17.5 Å². The fourth-order valence-corrected chi connectivity index (χ4v) is 2.39. The molecule has 1 atom stereocenters. The zero-order chi connectivity index (χ0) is 12.3. The number of hydrogen-bond acceptors (Lipinski definition) is 3. The van der Waals surface area contributed by atoms with Crippen molar-refractivity contribution in [2.24, 2.45) is 0 Å². The molecule has 1 heterocycles. The Bertz CT molecular complexity index is 392. The first-order chi connectivity index (χ1) is 8.20. The van der Waals surface area contributed by atoms with Crippen molar-refractivity contribution < 1.29 is 14.6 Å². The van der Waals surface area contributed by atoms with E-state index in [0.29, 0.717) is 13.0 Å². The average molecular weight is 257 g/mol. The topological polar surface area (TPSA) is 38.7 Å². The summed E-state index contributed by atoms with van der Waals surface area (Å²) in [6, 6.07) is 3.88. The van der Waals surface area contributed by atoms with Gasteiger partial charge in [-0.15, -0.1) is 0 Å². The monoisotopic (exact) mass is 256 g/mol. The first-order valence-electron chi connectivity index (χ1n) is 5.82. The second-order valence-corrected chi connectivity index (χ2v) is 4.74. The summed E-state index contributed by atoms with van der Waals surface area (Å²) >= 11 is 6.06. The number of aliphatic hydroxyl groups is 1. The average Bonchev–Trinajstić information content (AvgIpc) is 2.74. The lowest BCUT2D eigenvalue weighted by Gasteiger charge is -2.12. The highest BCUT2D eigenvalue weighted by Crippen LogP contribution is 2.33. The number of ether oxygens (including phenoxy) is 2. The maximum Gasteiger partial charge on any atom is 0.125 e. The molecule has 0 spiro atoms. The number of benzene rings is 1. The summed E-state index contributed by atoms with van der Waals surface area (Å²) in [6.07, 6.45) is 1.90. The van der Waals surface area contributed by atoms with Crippen LogP contribution < -0.4 is 4.74 Å². The predicted molar refractivity (Wildman–Crippen MR) is 66.9 cm³/mol. The fourth-order valence-electron chi connectivity index (χ4n) is 2.13. The molecule has 4 heteroatoms. The number of aliphatic hydroxyl groups excluding tert-OH is 1. The Morgan fingerprint density at radius 3 is 3.12 bits per heavy atom. The number of methoxy groups -OCH3 is 1. The Balaban J connectivity index is 2.05. The second kappa shape index (κ2) is 5.71. The number of fused-ring (bicyclic) bond motifs is 1. The maximum atomic E-state index is 9.63. The standard InChI is InChI=1S/C13H17ClO3/c1-16-8-12(15)3-2-9-6-11(14)7-10-4-5-17-13(9)10/h6-7,12,15H,2-5,8H2,1H3. The molecule has 1 N–H and O–H groups in total. The minimum absolute atomic E-state index is 0.365. The molecule has 0 saturated carbocycles. The van der Waals surface area contributed by atoms with Gasteiger partial charge >= 0.3 is 0 Å². The van der Waals surface area contributed by atoms with Crippen LogP contribution in [0.5, 0.6) is 5.75 Å². The molecular formula is C13H17ClO3. The summed E-state index contributed by atoms with van der Waals surface area (Å²) < 4.78 is 10.5. The van der Waals surface area contributed by atoms with Gasteiger partial charge in [-0.05, 0) is 36.1 Å². The second-order valence-electron chi connectivity index (χ2n) is 4.30. The molecule has 1 aromatic rings. The van der Waals surface area contributed by atoms with Gasteiger partial charge in [0.15, 0.2) is 0 Å². The van der Waals surface area contributed by atoms with Crippen LogP contribution in [0, 0.1) is 0 Å². The maximum absolute atomic E-state index is 9.63. The van der Waals surface area contributed by atoms with Gasteiger partial charge in [-0.25, -0.2) is 0 Å². The van der Waals surface area contributed by atoms with Crippen LogP contribution in [0.15, 0.2) is 12.1 Å². The molecule has 1 aliphatic rings. The van der Waals surface area contributed by atoms with Gasteiger partial charge in [-0.2, -0.15) is 0 Å². The van der Waals surface area contributed by atoms with Crippen LogP contribution in [0.2, 0.25) is 5.02 Å². The SMILES string of the molecule is COCC(O)CCc1cc(Cl)cc2c1OCC2. The Morgan fingerprint density at radius 2 is 2.35 bits per heavy atom. The third-order valence-electron chi connectivity index (χ3n) is 2.93. The number of rotatable bonds is 5. The first kappa shape index (κ1) is 12.7. The van der Waals surface area contributed by atoms with Crippen LogP contribution in [-0.2, 0) is 17.6 Å². The van der Waals surface area contributed by atoms with E-state index < -0.39 is 6.10 Å². The van der Waals surface area contributed by atoms with Crippen molar-refractivity contribution in [3.05, 3.63) is 28.3 Å². The lowest BCUT2D eigenvalue weighted by molar-refractivity contribution is 0.0594. The van der Waals surface area contributed by atoms with Crippen LogP contribution >= 0.6 is 11.6 Å². The highest BCUT2D eigenvalue weighted by molar-refractivity contribution is 6.30. The molecule has 0 aliphatic carbocycles. The predicted octanol–water partition coefficient (Wildman–Crippen LogP) is 2.21. The summed E-state index contributed by atoms with van der Waals surface area (Å²) in [4.78, 5) is 0. The lowest BCUT2D eigenvalue weighted by atomic mass is 10.0. The molecule has 0 bridgehead atoms. The minimum Gasteiger partial charge on any atom is -0.493 e. The van der Waals surface area contributed by atoms with Crippen molar-refractivity contribution in [1.82, 2.24) is 0 Å². The zero-order valence-electron chi connectivity index (χ0n) is 9.91. The number of hydrogen-bond donors (Lipinski definition) is 1. The van der Waals surface area contributed by atoms with E-state index in [1.807, 2.05) is 12.1 Å². The minimum atomic E-state index is -0.434. The van der Waals surface area contributed by atoms with Crippen LogP contribution in [-0.4, -0.2) is 31.5 Å². The molecule has 0 aromatic heterocycles. The van der Waals surface area contributed by atoms with E-state index in [-0.39, 0.29) is 0 Å². The molecule has 3 nitrogen and oxygen atoms in total. The first-order valence-corrected chi connectivity index (χ1v) is 6.19. The summed E-state index contributed by atoms with van der Waals surface area (Å²) in [7, 11) is 1.59. The van der Waals surface area contributed by atoms with Gasteiger partial charge < -0.3 is 14.6 Å². The van der Waals surface area contributed by atoms with Crippen LogP contribution in [0.3, 0.4) is 0 Å². The van der Waals surface area contributed by atoms with E-state index in [4.69, 9.17) is 21.1 Å². The molecule has 0 radical (unpaired) electrons. The highest BCUT2D eigenvalue weighted by atomic mass is 35.5. The van der Waals surface area contributed by atoms with E-state index >= 15 is 0 Å². The Morgan fingerprint density at radius 1 is 1.53 bits per heavy atom. The summed E-state index contributed by atoms with van der Waals surface area (Å²) in [6.45, 7) is 1.09. The lowest BCUT2D eigenvalue weighted by Crippen LogP contribution is -2.14. The van der Waals surface area contributed by atoms with Gasteiger partial charge in [-0.3, -0.25) is 0 Å². The van der Waals surface area contributed by atoms with Gasteiger partial charge in [0.05, 0.1) is 19.3 Å². The molecule has 94 valence electrons. The van der Waals surface area contributed by atoms with Crippen molar-refractivity contribution >= 4 is 11.6 Å². The van der Waals surface area contributed by atoms with Crippen molar-refractivity contribution in [1.29, 1.82) is 0 Å². The number of halogens is 1. The summed E-state index contributed by atoms with van der Waals surface area (Å²) in [5.74, 6) is 0.957. The Hall–Kier alpha value is -0.770. The van der Waals surface area contributed by atoms with Gasteiger partial charge in [0.2, 0.25) is 0 Å². The van der Waals surface area contributed by atoms with Crippen molar-refractivity contribution in [2.75, 3.05) is 20.3 Å². The highest BCUT2D eigenvalue weighted by Gasteiger charge is 2.18. The molecule has 1 aromatic carbocycles. The molecule has 0 amide bonds. The van der Waals surface area contributed by atoms with Gasteiger partial charge in [0, 0.05) is 18.6 Å². The van der Waals surface area contributed by atoms with Crippen LogP contribution in [0.4, 0.5) is 0 Å². The molecule has 0 fully saturated rings. The van der Waals surface area contributed by atoms with E-state index in [9.17, 15) is 5.11 Å². The largest absolute Gasteiger partial charge is 0.493 e. The van der Waals surface area contributed by atoms with Gasteiger partial charge in [-0.1, -0.05) is 11.6 Å². The van der Waals surface area contributed by atoms with Crippen molar-refractivity contribution in [2.45, 2.75) is 25.4 Å². The quantitative estimate of drug-likeness (QED) is 0.878. The fraction of sp³-hybridized carbons (Fsp3) is 0.538. The smallest absolute Gasteiger partial charge is 0.125 e. The van der Waals surface area contributed by atoms with E-state index in [0.717, 1.165) is 35.8 Å². The zero-order valence-corrected chi connectivity index (χ0v) is 10.7. The third-order valence-corrected chi connectivity index (χ3v) is 3.15. The normalized spacial score (nSPS) is 15.5. The molecule has 1 unspecified atom stereocenters. The Labute approximate surface area is 106 Å². The molecule has 0 saturated heterocycles. The van der Waals surface area contributed by atoms with Crippen molar-refractivity contribution in [3.63, 3.8) is 0 Å². The van der Waals surface area contributed by atoms with E-state index in [2.05, 4.69) is 0 Å². The molecule has 17 heavy (non-hydrogen) atoms. The Kier molecular flexibility index (Phi) is 4.26. The van der Waals surface area contributed by atoms with Crippen LogP contribution in [0.25, 0.3) is 0 Å². The van der Waals surface area contributed by atoms with Gasteiger partial charge in [0.1, 0.15) is 5.75 Å². The number of aryl methyl sites for hydroxylation is 1. The van der Waals surface area contributed by atoms with Gasteiger partial charge in [0.25, 0.3) is 0 Å². The summed E-state index contributed by atoms with van der Waals surface area (Å²) in [5, 5.41) is 10.4. The van der Waals surface area contributed by atoms with E-state index in [1.165, 1.54) is 5.56 Å². The molecule has 2 rings (SSSR count).